The standard InChI is InChI=1S/C10H12ClN3OS/c1-6(2)5-14-9(12-13-10(14)16)7-3-4-15-8(7)11/h3-4,6H,5H2,1-2H3,(H,13,16). The minimum Gasteiger partial charge on any atom is -0.452 e. The number of hydrogen-bond acceptors (Lipinski definition) is 3. The summed E-state index contributed by atoms with van der Waals surface area (Å²) in [5.74, 6) is 1.20. The summed E-state index contributed by atoms with van der Waals surface area (Å²) >= 11 is 11.1. The molecule has 2 aromatic heterocycles. The molecule has 0 aliphatic heterocycles. The van der Waals surface area contributed by atoms with Gasteiger partial charge in [-0.25, -0.2) is 0 Å². The molecule has 0 aliphatic carbocycles. The first-order chi connectivity index (χ1) is 7.59. The highest BCUT2D eigenvalue weighted by atomic mass is 35.5. The van der Waals surface area contributed by atoms with Crippen molar-refractivity contribution in [3.05, 3.63) is 22.3 Å². The van der Waals surface area contributed by atoms with Crippen molar-refractivity contribution in [2.24, 2.45) is 5.92 Å². The van der Waals surface area contributed by atoms with Crippen LogP contribution in [0.1, 0.15) is 13.8 Å². The van der Waals surface area contributed by atoms with Crippen molar-refractivity contribution < 1.29 is 4.42 Å². The van der Waals surface area contributed by atoms with Crippen molar-refractivity contribution in [2.75, 3.05) is 0 Å². The van der Waals surface area contributed by atoms with Gasteiger partial charge in [-0.05, 0) is 35.8 Å². The second-order valence-electron chi connectivity index (χ2n) is 3.96. The third-order valence-corrected chi connectivity index (χ3v) is 2.77. The van der Waals surface area contributed by atoms with Crippen LogP contribution in [-0.4, -0.2) is 14.8 Å². The molecule has 2 rings (SSSR count). The molecule has 0 bridgehead atoms. The molecule has 0 fully saturated rings. The van der Waals surface area contributed by atoms with Gasteiger partial charge in [0.2, 0.25) is 5.22 Å². The summed E-state index contributed by atoms with van der Waals surface area (Å²) in [4.78, 5) is 0. The molecule has 0 radical (unpaired) electrons. The molecule has 0 saturated heterocycles. The van der Waals surface area contributed by atoms with Crippen LogP contribution in [0.2, 0.25) is 5.22 Å². The Kier molecular flexibility index (Phi) is 3.16. The Balaban J connectivity index is 2.50. The Hall–Kier alpha value is -1.07. The monoisotopic (exact) mass is 257 g/mol. The average Bonchev–Trinajstić information content (AvgIpc) is 2.75. The Morgan fingerprint density at radius 1 is 1.62 bits per heavy atom. The zero-order chi connectivity index (χ0) is 11.7. The molecule has 0 saturated carbocycles. The first-order valence-electron chi connectivity index (χ1n) is 4.98. The SMILES string of the molecule is CC(C)Cn1c(-c2ccoc2Cl)n[nH]c1=S. The highest BCUT2D eigenvalue weighted by Gasteiger charge is 2.14. The van der Waals surface area contributed by atoms with Crippen molar-refractivity contribution in [3.63, 3.8) is 0 Å². The highest BCUT2D eigenvalue weighted by molar-refractivity contribution is 7.71. The van der Waals surface area contributed by atoms with E-state index in [1.165, 1.54) is 6.26 Å². The number of aromatic amines is 1. The van der Waals surface area contributed by atoms with Gasteiger partial charge in [-0.15, -0.1) is 0 Å². The van der Waals surface area contributed by atoms with E-state index in [0.29, 0.717) is 15.9 Å². The Morgan fingerprint density at radius 2 is 2.38 bits per heavy atom. The van der Waals surface area contributed by atoms with Gasteiger partial charge < -0.3 is 4.42 Å². The predicted molar refractivity (Wildman–Crippen MR) is 65.0 cm³/mol. The summed E-state index contributed by atoms with van der Waals surface area (Å²) in [7, 11) is 0. The highest BCUT2D eigenvalue weighted by Crippen LogP contribution is 2.27. The van der Waals surface area contributed by atoms with Crippen molar-refractivity contribution in [3.8, 4) is 11.4 Å². The van der Waals surface area contributed by atoms with E-state index in [1.807, 2.05) is 4.57 Å². The molecule has 0 unspecified atom stereocenters. The summed E-state index contributed by atoms with van der Waals surface area (Å²) in [5, 5.41) is 7.28. The molecule has 0 amide bonds. The van der Waals surface area contributed by atoms with Crippen LogP contribution in [0.5, 0.6) is 0 Å². The van der Waals surface area contributed by atoms with E-state index >= 15 is 0 Å². The Morgan fingerprint density at radius 3 is 2.94 bits per heavy atom. The third kappa shape index (κ3) is 2.05. The summed E-state index contributed by atoms with van der Waals surface area (Å²) in [5.41, 5.74) is 0.759. The van der Waals surface area contributed by atoms with Gasteiger partial charge in [-0.2, -0.15) is 5.10 Å². The van der Waals surface area contributed by atoms with Crippen LogP contribution in [-0.2, 0) is 6.54 Å². The fraction of sp³-hybridized carbons (Fsp3) is 0.400. The normalized spacial score (nSPS) is 11.2. The topological polar surface area (TPSA) is 46.8 Å². The van der Waals surface area contributed by atoms with E-state index in [9.17, 15) is 0 Å². The fourth-order valence-corrected chi connectivity index (χ4v) is 1.92. The number of nitrogens with zero attached hydrogens (tertiary/aromatic N) is 2. The lowest BCUT2D eigenvalue weighted by Gasteiger charge is -2.08. The van der Waals surface area contributed by atoms with Gasteiger partial charge in [-0.3, -0.25) is 9.67 Å². The fourth-order valence-electron chi connectivity index (χ4n) is 1.51. The van der Waals surface area contributed by atoms with Crippen molar-refractivity contribution in [1.82, 2.24) is 14.8 Å². The van der Waals surface area contributed by atoms with Crippen LogP contribution in [0.25, 0.3) is 11.4 Å². The molecule has 16 heavy (non-hydrogen) atoms. The maximum Gasteiger partial charge on any atom is 0.204 e. The molecule has 0 atom stereocenters. The Labute approximate surface area is 103 Å². The van der Waals surface area contributed by atoms with Gasteiger partial charge in [0.25, 0.3) is 0 Å². The molecule has 1 N–H and O–H groups in total. The van der Waals surface area contributed by atoms with Gasteiger partial charge in [0.05, 0.1) is 11.8 Å². The van der Waals surface area contributed by atoms with Gasteiger partial charge >= 0.3 is 0 Å². The minimum atomic E-state index is 0.332. The van der Waals surface area contributed by atoms with E-state index in [1.54, 1.807) is 6.07 Å². The zero-order valence-electron chi connectivity index (χ0n) is 9.03. The summed E-state index contributed by atoms with van der Waals surface area (Å²) in [6, 6.07) is 1.78. The van der Waals surface area contributed by atoms with Crippen molar-refractivity contribution >= 4 is 23.8 Å². The van der Waals surface area contributed by atoms with E-state index < -0.39 is 0 Å². The lowest BCUT2D eigenvalue weighted by atomic mass is 10.2. The third-order valence-electron chi connectivity index (χ3n) is 2.16. The van der Waals surface area contributed by atoms with Crippen LogP contribution in [0.15, 0.2) is 16.7 Å². The van der Waals surface area contributed by atoms with Crippen molar-refractivity contribution in [2.45, 2.75) is 20.4 Å². The molecule has 0 spiro atoms. The Bertz CT molecular complexity index is 540. The zero-order valence-corrected chi connectivity index (χ0v) is 10.6. The number of halogens is 1. The molecule has 2 heterocycles. The first-order valence-corrected chi connectivity index (χ1v) is 5.76. The van der Waals surface area contributed by atoms with Crippen LogP contribution >= 0.6 is 23.8 Å². The van der Waals surface area contributed by atoms with E-state index in [0.717, 1.165) is 17.9 Å². The molecule has 0 aromatic carbocycles. The molecule has 6 heteroatoms. The van der Waals surface area contributed by atoms with Crippen LogP contribution in [0, 0.1) is 10.7 Å². The van der Waals surface area contributed by atoms with E-state index in [4.69, 9.17) is 28.2 Å². The maximum absolute atomic E-state index is 5.92. The van der Waals surface area contributed by atoms with Crippen LogP contribution in [0.3, 0.4) is 0 Å². The molecule has 86 valence electrons. The minimum absolute atomic E-state index is 0.332. The second-order valence-corrected chi connectivity index (χ2v) is 4.69. The molecule has 0 aliphatic rings. The first kappa shape index (κ1) is 11.4. The van der Waals surface area contributed by atoms with E-state index in [-0.39, 0.29) is 0 Å². The van der Waals surface area contributed by atoms with Gasteiger partial charge in [0, 0.05) is 6.54 Å². The molecule has 4 nitrogen and oxygen atoms in total. The molecular formula is C10H12ClN3OS. The average molecular weight is 258 g/mol. The number of H-pyrrole nitrogens is 1. The second kappa shape index (κ2) is 4.43. The molecular weight excluding hydrogens is 246 g/mol. The number of hydrogen-bond donors (Lipinski definition) is 1. The van der Waals surface area contributed by atoms with Crippen LogP contribution < -0.4 is 0 Å². The summed E-state index contributed by atoms with van der Waals surface area (Å²) in [6.45, 7) is 5.04. The number of aromatic nitrogens is 3. The smallest absolute Gasteiger partial charge is 0.204 e. The number of nitrogens with one attached hydrogen (secondary N) is 1. The van der Waals surface area contributed by atoms with Gasteiger partial charge in [0.15, 0.2) is 10.6 Å². The van der Waals surface area contributed by atoms with Crippen molar-refractivity contribution in [1.29, 1.82) is 0 Å². The summed E-state index contributed by atoms with van der Waals surface area (Å²) in [6.07, 6.45) is 1.54. The molecule has 2 aromatic rings. The predicted octanol–water partition coefficient (Wildman–Crippen LogP) is 3.51. The van der Waals surface area contributed by atoms with Gasteiger partial charge in [-0.1, -0.05) is 13.8 Å². The van der Waals surface area contributed by atoms with Gasteiger partial charge in [0.1, 0.15) is 0 Å². The largest absolute Gasteiger partial charge is 0.452 e. The number of furan rings is 1. The van der Waals surface area contributed by atoms with Crippen LogP contribution in [0.4, 0.5) is 0 Å². The quantitative estimate of drug-likeness (QED) is 0.856. The maximum atomic E-state index is 5.92. The van der Waals surface area contributed by atoms with E-state index in [2.05, 4.69) is 24.0 Å². The number of rotatable bonds is 3. The lowest BCUT2D eigenvalue weighted by Crippen LogP contribution is -2.06. The summed E-state index contributed by atoms with van der Waals surface area (Å²) < 4.78 is 7.58. The lowest BCUT2D eigenvalue weighted by molar-refractivity contribution is 0.520.